The molecule has 0 bridgehead atoms. The predicted octanol–water partition coefficient (Wildman–Crippen LogP) is 1.59. The van der Waals surface area contributed by atoms with Gasteiger partial charge in [0.25, 0.3) is 5.56 Å². The number of nitrogens with one attached hydrogen (secondary N) is 2. The number of benzene rings is 1. The van der Waals surface area contributed by atoms with E-state index in [0.29, 0.717) is 5.56 Å². The molecule has 1 heterocycles. The van der Waals surface area contributed by atoms with Gasteiger partial charge in [0.2, 0.25) is 0 Å². The summed E-state index contributed by atoms with van der Waals surface area (Å²) in [5.74, 6) is 0. The SMILES string of the molecule is NCc1c(-c2cccc(Br)c2)[nH][nH]c1=O. The predicted molar refractivity (Wildman–Crippen MR) is 62.4 cm³/mol. The second kappa shape index (κ2) is 4.04. The Bertz CT molecular complexity index is 529. The molecule has 0 saturated carbocycles. The highest BCUT2D eigenvalue weighted by atomic mass is 79.9. The van der Waals surface area contributed by atoms with E-state index in [0.717, 1.165) is 15.7 Å². The summed E-state index contributed by atoms with van der Waals surface area (Å²) in [5, 5.41) is 5.36. The molecule has 0 unspecified atom stereocenters. The maximum absolute atomic E-state index is 11.4. The van der Waals surface area contributed by atoms with Crippen molar-refractivity contribution >= 4 is 15.9 Å². The molecule has 0 amide bonds. The van der Waals surface area contributed by atoms with Crippen LogP contribution < -0.4 is 11.3 Å². The summed E-state index contributed by atoms with van der Waals surface area (Å²) < 4.78 is 0.963. The summed E-state index contributed by atoms with van der Waals surface area (Å²) in [4.78, 5) is 11.4. The van der Waals surface area contributed by atoms with Crippen LogP contribution in [0.3, 0.4) is 0 Å². The van der Waals surface area contributed by atoms with E-state index in [4.69, 9.17) is 5.73 Å². The van der Waals surface area contributed by atoms with Crippen LogP contribution in [0.4, 0.5) is 0 Å². The molecule has 0 spiro atoms. The highest BCUT2D eigenvalue weighted by molar-refractivity contribution is 9.10. The van der Waals surface area contributed by atoms with E-state index >= 15 is 0 Å². The lowest BCUT2D eigenvalue weighted by Gasteiger charge is -2.00. The number of rotatable bonds is 2. The molecule has 15 heavy (non-hydrogen) atoms. The molecule has 2 rings (SSSR count). The molecule has 0 atom stereocenters. The zero-order chi connectivity index (χ0) is 10.8. The van der Waals surface area contributed by atoms with Crippen LogP contribution in [0.2, 0.25) is 0 Å². The van der Waals surface area contributed by atoms with Gasteiger partial charge in [-0.05, 0) is 12.1 Å². The van der Waals surface area contributed by atoms with Gasteiger partial charge in [-0.15, -0.1) is 0 Å². The quantitative estimate of drug-likeness (QED) is 0.773. The molecule has 1 aromatic heterocycles. The van der Waals surface area contributed by atoms with Crippen molar-refractivity contribution in [3.8, 4) is 11.3 Å². The summed E-state index contributed by atoms with van der Waals surface area (Å²) in [5.41, 5.74) is 7.62. The molecule has 0 saturated heterocycles. The number of hydrogen-bond donors (Lipinski definition) is 3. The number of nitrogens with two attached hydrogens (primary N) is 1. The van der Waals surface area contributed by atoms with Gasteiger partial charge in [-0.3, -0.25) is 15.0 Å². The maximum Gasteiger partial charge on any atom is 0.269 e. The highest BCUT2D eigenvalue weighted by Gasteiger charge is 2.09. The number of H-pyrrole nitrogens is 2. The van der Waals surface area contributed by atoms with Gasteiger partial charge in [0.15, 0.2) is 0 Å². The van der Waals surface area contributed by atoms with E-state index in [9.17, 15) is 4.79 Å². The van der Waals surface area contributed by atoms with Gasteiger partial charge in [-0.25, -0.2) is 0 Å². The Morgan fingerprint density at radius 1 is 1.33 bits per heavy atom. The standard InChI is InChI=1S/C10H10BrN3O/c11-7-3-1-2-6(4-7)9-8(5-12)10(15)14-13-9/h1-4H,5,12H2,(H2,13,14,15). The number of aromatic amines is 2. The van der Waals surface area contributed by atoms with Gasteiger partial charge in [0, 0.05) is 16.6 Å². The number of hydrogen-bond acceptors (Lipinski definition) is 2. The van der Waals surface area contributed by atoms with Crippen molar-refractivity contribution in [3.63, 3.8) is 0 Å². The number of halogens is 1. The third-order valence-corrected chi connectivity index (χ3v) is 2.69. The largest absolute Gasteiger partial charge is 0.326 e. The summed E-state index contributed by atoms with van der Waals surface area (Å²) in [6, 6.07) is 7.68. The molecular formula is C10H10BrN3O. The topological polar surface area (TPSA) is 74.7 Å². The normalized spacial score (nSPS) is 10.5. The minimum Gasteiger partial charge on any atom is -0.326 e. The molecule has 5 heteroatoms. The Morgan fingerprint density at radius 3 is 2.80 bits per heavy atom. The Hall–Kier alpha value is -1.33. The monoisotopic (exact) mass is 267 g/mol. The van der Waals surface area contributed by atoms with Crippen molar-refractivity contribution in [3.05, 3.63) is 44.7 Å². The van der Waals surface area contributed by atoms with Crippen molar-refractivity contribution in [2.24, 2.45) is 5.73 Å². The van der Waals surface area contributed by atoms with Crippen molar-refractivity contribution in [2.45, 2.75) is 6.54 Å². The molecule has 0 radical (unpaired) electrons. The average molecular weight is 268 g/mol. The number of aromatic nitrogens is 2. The first-order chi connectivity index (χ1) is 7.22. The Morgan fingerprint density at radius 2 is 2.13 bits per heavy atom. The average Bonchev–Trinajstić information content (AvgIpc) is 2.59. The van der Waals surface area contributed by atoms with Crippen LogP contribution in [-0.4, -0.2) is 10.2 Å². The molecular weight excluding hydrogens is 258 g/mol. The second-order valence-corrected chi connectivity index (χ2v) is 4.06. The molecule has 1 aromatic carbocycles. The highest BCUT2D eigenvalue weighted by Crippen LogP contribution is 2.22. The van der Waals surface area contributed by atoms with Gasteiger partial charge in [0.05, 0.1) is 11.3 Å². The van der Waals surface area contributed by atoms with Gasteiger partial charge in [-0.2, -0.15) is 0 Å². The van der Waals surface area contributed by atoms with Crippen LogP contribution in [0.15, 0.2) is 33.5 Å². The fourth-order valence-electron chi connectivity index (χ4n) is 1.47. The minimum atomic E-state index is -0.160. The first-order valence-corrected chi connectivity index (χ1v) is 5.27. The molecule has 0 aliphatic heterocycles. The Labute approximate surface area is 94.6 Å². The van der Waals surface area contributed by atoms with E-state index < -0.39 is 0 Å². The molecule has 0 fully saturated rings. The summed E-state index contributed by atoms with van der Waals surface area (Å²) >= 11 is 3.38. The second-order valence-electron chi connectivity index (χ2n) is 3.15. The smallest absolute Gasteiger partial charge is 0.269 e. The third kappa shape index (κ3) is 1.88. The van der Waals surface area contributed by atoms with Crippen LogP contribution in [0.5, 0.6) is 0 Å². The van der Waals surface area contributed by atoms with Crippen molar-refractivity contribution in [1.29, 1.82) is 0 Å². The summed E-state index contributed by atoms with van der Waals surface area (Å²) in [6.07, 6.45) is 0. The lowest BCUT2D eigenvalue weighted by molar-refractivity contribution is 1.04. The van der Waals surface area contributed by atoms with E-state index in [1.54, 1.807) is 0 Å². The fourth-order valence-corrected chi connectivity index (χ4v) is 1.87. The fraction of sp³-hybridized carbons (Fsp3) is 0.100. The summed E-state index contributed by atoms with van der Waals surface area (Å²) in [6.45, 7) is 0.223. The van der Waals surface area contributed by atoms with Crippen LogP contribution in [0.25, 0.3) is 11.3 Å². The first-order valence-electron chi connectivity index (χ1n) is 4.48. The van der Waals surface area contributed by atoms with E-state index in [1.165, 1.54) is 0 Å². The molecule has 0 aliphatic carbocycles. The Balaban J connectivity index is 2.59. The molecule has 4 N–H and O–H groups in total. The molecule has 78 valence electrons. The third-order valence-electron chi connectivity index (χ3n) is 2.19. The maximum atomic E-state index is 11.4. The van der Waals surface area contributed by atoms with Gasteiger partial charge in [0.1, 0.15) is 0 Å². The van der Waals surface area contributed by atoms with Gasteiger partial charge >= 0.3 is 0 Å². The van der Waals surface area contributed by atoms with Crippen LogP contribution in [0, 0.1) is 0 Å². The first kappa shape index (κ1) is 10.2. The molecule has 4 nitrogen and oxygen atoms in total. The van der Waals surface area contributed by atoms with Gasteiger partial charge < -0.3 is 5.73 Å². The molecule has 2 aromatic rings. The zero-order valence-electron chi connectivity index (χ0n) is 7.88. The van der Waals surface area contributed by atoms with Crippen LogP contribution in [0.1, 0.15) is 5.56 Å². The lowest BCUT2D eigenvalue weighted by atomic mass is 10.1. The van der Waals surface area contributed by atoms with Crippen molar-refractivity contribution < 1.29 is 0 Å². The minimum absolute atomic E-state index is 0.160. The van der Waals surface area contributed by atoms with Crippen molar-refractivity contribution in [1.82, 2.24) is 10.2 Å². The molecule has 0 aliphatic rings. The van der Waals surface area contributed by atoms with Crippen LogP contribution in [-0.2, 0) is 6.54 Å². The lowest BCUT2D eigenvalue weighted by Crippen LogP contribution is -2.10. The summed E-state index contributed by atoms with van der Waals surface area (Å²) in [7, 11) is 0. The Kier molecular flexibility index (Phi) is 2.75. The van der Waals surface area contributed by atoms with E-state index in [-0.39, 0.29) is 12.1 Å². The van der Waals surface area contributed by atoms with Crippen LogP contribution >= 0.6 is 15.9 Å². The van der Waals surface area contributed by atoms with E-state index in [2.05, 4.69) is 26.1 Å². The van der Waals surface area contributed by atoms with E-state index in [1.807, 2.05) is 24.3 Å². The van der Waals surface area contributed by atoms with Gasteiger partial charge in [-0.1, -0.05) is 28.1 Å². The van der Waals surface area contributed by atoms with Crippen molar-refractivity contribution in [2.75, 3.05) is 0 Å². The zero-order valence-corrected chi connectivity index (χ0v) is 9.47.